The van der Waals surface area contributed by atoms with Crippen molar-refractivity contribution in [1.29, 1.82) is 0 Å². The molecule has 0 saturated heterocycles. The van der Waals surface area contributed by atoms with Crippen molar-refractivity contribution in [3.8, 4) is 11.8 Å². The Morgan fingerprint density at radius 3 is 2.35 bits per heavy atom. The number of fused-ring (bicyclic) bond motifs is 1. The Labute approximate surface area is 179 Å². The van der Waals surface area contributed by atoms with Crippen LogP contribution in [0.4, 0.5) is 13.2 Å². The van der Waals surface area contributed by atoms with Gasteiger partial charge in [0.25, 0.3) is 0 Å². The van der Waals surface area contributed by atoms with E-state index in [2.05, 4.69) is 29.8 Å². The first-order valence-corrected chi connectivity index (χ1v) is 10.2. The molecule has 4 heteroatoms. The normalized spacial score (nSPS) is 10.7. The molecule has 0 amide bonds. The molecule has 3 aromatic carbocycles. The lowest BCUT2D eigenvalue weighted by Crippen LogP contribution is -1.96. The van der Waals surface area contributed by atoms with Crippen molar-refractivity contribution >= 4 is 10.8 Å². The average Bonchev–Trinajstić information content (AvgIpc) is 2.80. The van der Waals surface area contributed by atoms with Crippen molar-refractivity contribution in [2.45, 2.75) is 26.2 Å². The van der Waals surface area contributed by atoms with Crippen molar-refractivity contribution < 1.29 is 13.2 Å². The molecular weight excluding hydrogens is 395 g/mol. The van der Waals surface area contributed by atoms with E-state index in [0.717, 1.165) is 30.2 Å². The van der Waals surface area contributed by atoms with Crippen LogP contribution >= 0.6 is 0 Å². The van der Waals surface area contributed by atoms with E-state index in [-0.39, 0.29) is 11.2 Å². The smallest absolute Gasteiger partial charge is 0.166 e. The van der Waals surface area contributed by atoms with Gasteiger partial charge in [-0.05, 0) is 72.2 Å². The monoisotopic (exact) mass is 415 g/mol. The van der Waals surface area contributed by atoms with Gasteiger partial charge in [0.1, 0.15) is 5.82 Å². The summed E-state index contributed by atoms with van der Waals surface area (Å²) in [7, 11) is 0. The van der Waals surface area contributed by atoms with E-state index < -0.39 is 11.6 Å². The van der Waals surface area contributed by atoms with Gasteiger partial charge >= 0.3 is 0 Å². The van der Waals surface area contributed by atoms with Gasteiger partial charge in [0.05, 0.1) is 5.56 Å². The van der Waals surface area contributed by atoms with Crippen molar-refractivity contribution in [1.82, 2.24) is 4.98 Å². The van der Waals surface area contributed by atoms with Crippen LogP contribution in [0.15, 0.2) is 66.9 Å². The summed E-state index contributed by atoms with van der Waals surface area (Å²) < 4.78 is 41.7. The third kappa shape index (κ3) is 4.78. The molecule has 0 spiro atoms. The van der Waals surface area contributed by atoms with Crippen molar-refractivity contribution in [2.24, 2.45) is 0 Å². The molecule has 0 unspecified atom stereocenters. The fraction of sp³-hybridized carbons (Fsp3) is 0.148. The minimum atomic E-state index is -0.887. The lowest BCUT2D eigenvalue weighted by atomic mass is 10.0. The van der Waals surface area contributed by atoms with Gasteiger partial charge < -0.3 is 0 Å². The maximum Gasteiger partial charge on any atom is 0.166 e. The van der Waals surface area contributed by atoms with Crippen LogP contribution in [0.5, 0.6) is 0 Å². The van der Waals surface area contributed by atoms with Crippen molar-refractivity contribution in [3.05, 3.63) is 112 Å². The number of halogens is 3. The molecule has 31 heavy (non-hydrogen) atoms. The molecule has 0 bridgehead atoms. The van der Waals surface area contributed by atoms with E-state index in [1.165, 1.54) is 23.8 Å². The number of benzene rings is 3. The highest BCUT2D eigenvalue weighted by Gasteiger charge is 2.07. The van der Waals surface area contributed by atoms with Crippen LogP contribution in [0, 0.1) is 29.3 Å². The van der Waals surface area contributed by atoms with Gasteiger partial charge in [-0.15, -0.1) is 0 Å². The summed E-state index contributed by atoms with van der Waals surface area (Å²) in [6, 6.07) is 16.4. The fourth-order valence-corrected chi connectivity index (χ4v) is 3.38. The summed E-state index contributed by atoms with van der Waals surface area (Å²) in [6.45, 7) is 2.09. The number of hydrogen-bond acceptors (Lipinski definition) is 1. The number of pyridine rings is 1. The largest absolute Gasteiger partial charge is 0.261 e. The fourth-order valence-electron chi connectivity index (χ4n) is 3.38. The van der Waals surface area contributed by atoms with E-state index in [4.69, 9.17) is 0 Å². The van der Waals surface area contributed by atoms with Gasteiger partial charge in [0, 0.05) is 22.8 Å². The minimum Gasteiger partial charge on any atom is -0.261 e. The quantitative estimate of drug-likeness (QED) is 0.352. The molecule has 1 nitrogen and oxygen atoms in total. The van der Waals surface area contributed by atoms with Gasteiger partial charge in [-0.1, -0.05) is 43.0 Å². The number of aryl methyl sites for hydroxylation is 3. The molecule has 4 aromatic rings. The molecule has 0 atom stereocenters. The standard InChI is InChI=1S/C27H20F3N/c1-2-18-5-11-23(31-17-18)12-6-20-4-9-21(26(29)16-20)8-3-19-7-13-24-22(15-19)10-14-25(28)27(24)30/h4-5,7,9-11,13-17H,2,6,12H2,1H3. The van der Waals surface area contributed by atoms with Crippen LogP contribution in [0.25, 0.3) is 10.8 Å². The highest BCUT2D eigenvalue weighted by Crippen LogP contribution is 2.21. The second-order valence-electron chi connectivity index (χ2n) is 7.37. The molecule has 0 aliphatic rings. The first kappa shape index (κ1) is 20.7. The zero-order valence-electron chi connectivity index (χ0n) is 17.1. The van der Waals surface area contributed by atoms with Crippen LogP contribution in [-0.4, -0.2) is 4.98 Å². The molecule has 4 rings (SSSR count). The van der Waals surface area contributed by atoms with Crippen molar-refractivity contribution in [2.75, 3.05) is 0 Å². The summed E-state index contributed by atoms with van der Waals surface area (Å²) in [5.41, 5.74) is 3.95. The number of hydrogen-bond donors (Lipinski definition) is 0. The summed E-state index contributed by atoms with van der Waals surface area (Å²) in [5.74, 6) is 3.58. The number of aromatic nitrogens is 1. The number of nitrogens with zero attached hydrogens (tertiary/aromatic N) is 1. The molecule has 0 saturated carbocycles. The van der Waals surface area contributed by atoms with E-state index in [9.17, 15) is 13.2 Å². The first-order valence-electron chi connectivity index (χ1n) is 10.2. The van der Waals surface area contributed by atoms with Crippen LogP contribution in [0.2, 0.25) is 0 Å². The molecule has 0 radical (unpaired) electrons. The third-order valence-electron chi connectivity index (χ3n) is 5.25. The van der Waals surface area contributed by atoms with Gasteiger partial charge in [0.15, 0.2) is 11.6 Å². The van der Waals surface area contributed by atoms with E-state index in [1.54, 1.807) is 18.2 Å². The predicted octanol–water partition coefficient (Wildman–Crippen LogP) is 6.40. The zero-order valence-corrected chi connectivity index (χ0v) is 17.1. The highest BCUT2D eigenvalue weighted by molar-refractivity contribution is 5.84. The maximum absolute atomic E-state index is 14.5. The molecule has 0 N–H and O–H groups in total. The molecule has 1 aromatic heterocycles. The summed E-state index contributed by atoms with van der Waals surface area (Å²) in [6.07, 6.45) is 4.26. The van der Waals surface area contributed by atoms with Gasteiger partial charge in [-0.2, -0.15) is 0 Å². The van der Waals surface area contributed by atoms with Gasteiger partial charge in [-0.25, -0.2) is 13.2 Å². The molecular formula is C27H20F3N. The predicted molar refractivity (Wildman–Crippen MR) is 117 cm³/mol. The molecule has 154 valence electrons. The minimum absolute atomic E-state index is 0.194. The summed E-state index contributed by atoms with van der Waals surface area (Å²) in [4.78, 5) is 4.44. The summed E-state index contributed by atoms with van der Waals surface area (Å²) in [5, 5.41) is 0.738. The topological polar surface area (TPSA) is 12.9 Å². The average molecular weight is 415 g/mol. The SMILES string of the molecule is CCc1ccc(CCc2ccc(C#Cc3ccc4c(F)c(F)ccc4c3)c(F)c2)nc1. The lowest BCUT2D eigenvalue weighted by molar-refractivity contribution is 0.517. The van der Waals surface area contributed by atoms with Crippen LogP contribution in [-0.2, 0) is 19.3 Å². The maximum atomic E-state index is 14.5. The molecule has 0 fully saturated rings. The Morgan fingerprint density at radius 1 is 0.774 bits per heavy atom. The van der Waals surface area contributed by atoms with Gasteiger partial charge in [0.2, 0.25) is 0 Å². The Kier molecular flexibility index (Phi) is 6.04. The highest BCUT2D eigenvalue weighted by atomic mass is 19.2. The first-order chi connectivity index (χ1) is 15.0. The number of rotatable bonds is 4. The Morgan fingerprint density at radius 2 is 1.61 bits per heavy atom. The Balaban J connectivity index is 1.48. The molecule has 1 heterocycles. The van der Waals surface area contributed by atoms with E-state index in [0.29, 0.717) is 22.9 Å². The Hall–Kier alpha value is -3.58. The van der Waals surface area contributed by atoms with Crippen LogP contribution < -0.4 is 0 Å². The van der Waals surface area contributed by atoms with Crippen LogP contribution in [0.1, 0.15) is 34.9 Å². The molecule has 0 aliphatic carbocycles. The van der Waals surface area contributed by atoms with Gasteiger partial charge in [-0.3, -0.25) is 4.98 Å². The second-order valence-corrected chi connectivity index (χ2v) is 7.37. The summed E-state index contributed by atoms with van der Waals surface area (Å²) >= 11 is 0. The third-order valence-corrected chi connectivity index (χ3v) is 5.25. The Bertz CT molecular complexity index is 1300. The zero-order chi connectivity index (χ0) is 21.8. The molecule has 0 aliphatic heterocycles. The van der Waals surface area contributed by atoms with Crippen molar-refractivity contribution in [3.63, 3.8) is 0 Å². The van der Waals surface area contributed by atoms with E-state index >= 15 is 0 Å². The lowest BCUT2D eigenvalue weighted by Gasteiger charge is -2.04. The second kappa shape index (κ2) is 9.06. The van der Waals surface area contributed by atoms with E-state index in [1.807, 2.05) is 18.3 Å². The van der Waals surface area contributed by atoms with Crippen LogP contribution in [0.3, 0.4) is 0 Å².